The number of thioether (sulfide) groups is 1. The predicted octanol–water partition coefficient (Wildman–Crippen LogP) is 5.33. The summed E-state index contributed by atoms with van der Waals surface area (Å²) in [6.45, 7) is 1.95. The normalized spacial score (nSPS) is 11.0. The van der Waals surface area contributed by atoms with Crippen molar-refractivity contribution < 1.29 is 4.79 Å². The van der Waals surface area contributed by atoms with Crippen molar-refractivity contribution in [2.75, 3.05) is 6.26 Å². The number of rotatable bonds is 3. The lowest BCUT2D eigenvalue weighted by Gasteiger charge is -2.01. The third-order valence-electron chi connectivity index (χ3n) is 3.70. The standard InChI is InChI=1S/C17H14ClNOS/c1-10-15(18)8-7-13-14(9-20)17(19-16(10)13)11-3-5-12(21-2)6-4-11/h3-9,19H,1-2H3. The average Bonchev–Trinajstić information content (AvgIpc) is 2.90. The molecule has 2 aromatic carbocycles. The highest BCUT2D eigenvalue weighted by atomic mass is 35.5. The minimum atomic E-state index is 0.682. The monoisotopic (exact) mass is 315 g/mol. The van der Waals surface area contributed by atoms with Crippen LogP contribution in [0.1, 0.15) is 15.9 Å². The molecule has 4 heteroatoms. The first-order chi connectivity index (χ1) is 10.2. The zero-order valence-electron chi connectivity index (χ0n) is 11.7. The van der Waals surface area contributed by atoms with Crippen molar-refractivity contribution in [2.45, 2.75) is 11.8 Å². The van der Waals surface area contributed by atoms with Gasteiger partial charge in [-0.05, 0) is 42.5 Å². The second-order valence-corrected chi connectivity index (χ2v) is 6.14. The van der Waals surface area contributed by atoms with Crippen molar-refractivity contribution in [1.29, 1.82) is 0 Å². The summed E-state index contributed by atoms with van der Waals surface area (Å²) in [4.78, 5) is 16.1. The number of hydrogen-bond acceptors (Lipinski definition) is 2. The van der Waals surface area contributed by atoms with E-state index < -0.39 is 0 Å². The average molecular weight is 316 g/mol. The van der Waals surface area contributed by atoms with Gasteiger partial charge in [0.05, 0.1) is 11.2 Å². The van der Waals surface area contributed by atoms with Crippen LogP contribution >= 0.6 is 23.4 Å². The number of nitrogens with one attached hydrogen (secondary N) is 1. The molecule has 0 fully saturated rings. The molecule has 3 aromatic rings. The Balaban J connectivity index is 2.26. The Kier molecular flexibility index (Phi) is 3.79. The number of hydrogen-bond donors (Lipinski definition) is 1. The van der Waals surface area contributed by atoms with Crippen molar-refractivity contribution >= 4 is 40.6 Å². The molecule has 0 aliphatic rings. The largest absolute Gasteiger partial charge is 0.354 e. The number of aldehydes is 1. The molecule has 0 radical (unpaired) electrons. The lowest BCUT2D eigenvalue weighted by Crippen LogP contribution is -1.84. The highest BCUT2D eigenvalue weighted by molar-refractivity contribution is 7.98. The van der Waals surface area contributed by atoms with Crippen LogP contribution in [0.15, 0.2) is 41.3 Å². The number of fused-ring (bicyclic) bond motifs is 1. The number of carbonyl (C=O) groups excluding carboxylic acids is 1. The van der Waals surface area contributed by atoms with Crippen LogP contribution < -0.4 is 0 Å². The molecule has 0 amide bonds. The molecule has 0 spiro atoms. The van der Waals surface area contributed by atoms with Gasteiger partial charge in [0, 0.05) is 20.9 Å². The number of H-pyrrole nitrogens is 1. The molecule has 0 unspecified atom stereocenters. The topological polar surface area (TPSA) is 32.9 Å². The molecular formula is C17H14ClNOS. The quantitative estimate of drug-likeness (QED) is 0.523. The van der Waals surface area contributed by atoms with Crippen LogP contribution in [-0.2, 0) is 0 Å². The Labute approximate surface area is 132 Å². The molecular weight excluding hydrogens is 302 g/mol. The van der Waals surface area contributed by atoms with Crippen LogP contribution in [0, 0.1) is 6.92 Å². The van der Waals surface area contributed by atoms with Crippen molar-refractivity contribution in [3.63, 3.8) is 0 Å². The van der Waals surface area contributed by atoms with Crippen molar-refractivity contribution in [1.82, 2.24) is 4.98 Å². The number of aromatic amines is 1. The summed E-state index contributed by atoms with van der Waals surface area (Å²) in [6.07, 6.45) is 2.95. The van der Waals surface area contributed by atoms with Crippen molar-refractivity contribution in [3.8, 4) is 11.3 Å². The minimum Gasteiger partial charge on any atom is -0.354 e. The lowest BCUT2D eigenvalue weighted by molar-refractivity contribution is 0.112. The molecule has 21 heavy (non-hydrogen) atoms. The summed E-state index contributed by atoms with van der Waals surface area (Å²) < 4.78 is 0. The van der Waals surface area contributed by atoms with Gasteiger partial charge in [-0.25, -0.2) is 0 Å². The maximum Gasteiger partial charge on any atom is 0.152 e. The van der Waals surface area contributed by atoms with Gasteiger partial charge in [0.25, 0.3) is 0 Å². The van der Waals surface area contributed by atoms with Crippen molar-refractivity contribution in [2.24, 2.45) is 0 Å². The number of aryl methyl sites for hydroxylation is 1. The Morgan fingerprint density at radius 1 is 1.14 bits per heavy atom. The SMILES string of the molecule is CSc1ccc(-c2[nH]c3c(C)c(Cl)ccc3c2C=O)cc1. The van der Waals surface area contributed by atoms with Gasteiger partial charge in [-0.1, -0.05) is 29.8 Å². The van der Waals surface area contributed by atoms with Gasteiger partial charge in [0.15, 0.2) is 6.29 Å². The summed E-state index contributed by atoms with van der Waals surface area (Å²) in [5.41, 5.74) is 4.42. The van der Waals surface area contributed by atoms with E-state index in [2.05, 4.69) is 17.1 Å². The molecule has 2 nitrogen and oxygen atoms in total. The predicted molar refractivity (Wildman–Crippen MR) is 90.7 cm³/mol. The van der Waals surface area contributed by atoms with Gasteiger partial charge in [-0.2, -0.15) is 0 Å². The van der Waals surface area contributed by atoms with Gasteiger partial charge >= 0.3 is 0 Å². The summed E-state index contributed by atoms with van der Waals surface area (Å²) >= 11 is 7.86. The van der Waals surface area contributed by atoms with Crippen LogP contribution in [0.4, 0.5) is 0 Å². The molecule has 0 aliphatic carbocycles. The fourth-order valence-electron chi connectivity index (χ4n) is 2.51. The zero-order chi connectivity index (χ0) is 15.0. The van der Waals surface area contributed by atoms with E-state index >= 15 is 0 Å². The second kappa shape index (κ2) is 5.58. The second-order valence-electron chi connectivity index (χ2n) is 4.85. The first-order valence-electron chi connectivity index (χ1n) is 6.56. The van der Waals surface area contributed by atoms with Crippen molar-refractivity contribution in [3.05, 3.63) is 52.5 Å². The van der Waals surface area contributed by atoms with Gasteiger partial charge in [0.1, 0.15) is 0 Å². The number of carbonyl (C=O) groups is 1. The van der Waals surface area contributed by atoms with Crippen LogP contribution in [0.2, 0.25) is 5.02 Å². The molecule has 0 bridgehead atoms. The van der Waals surface area contributed by atoms with Gasteiger partial charge in [0.2, 0.25) is 0 Å². The smallest absolute Gasteiger partial charge is 0.152 e. The lowest BCUT2D eigenvalue weighted by atomic mass is 10.1. The van der Waals surface area contributed by atoms with E-state index in [0.29, 0.717) is 10.6 Å². The Morgan fingerprint density at radius 3 is 2.48 bits per heavy atom. The van der Waals surface area contributed by atoms with Crippen LogP contribution in [0.3, 0.4) is 0 Å². The highest BCUT2D eigenvalue weighted by Crippen LogP contribution is 2.33. The summed E-state index contributed by atoms with van der Waals surface area (Å²) in [7, 11) is 0. The van der Waals surface area contributed by atoms with E-state index in [0.717, 1.165) is 34.0 Å². The Bertz CT molecular complexity index is 821. The Morgan fingerprint density at radius 2 is 1.86 bits per heavy atom. The van der Waals surface area contributed by atoms with E-state index in [1.54, 1.807) is 11.8 Å². The van der Waals surface area contributed by atoms with E-state index in [1.165, 1.54) is 4.90 Å². The third kappa shape index (κ3) is 2.37. The zero-order valence-corrected chi connectivity index (χ0v) is 13.3. The molecule has 0 saturated heterocycles. The minimum absolute atomic E-state index is 0.682. The number of aromatic nitrogens is 1. The first-order valence-corrected chi connectivity index (χ1v) is 8.16. The van der Waals surface area contributed by atoms with E-state index in [9.17, 15) is 4.79 Å². The summed E-state index contributed by atoms with van der Waals surface area (Å²) in [5.74, 6) is 0. The van der Waals surface area contributed by atoms with Crippen LogP contribution in [0.5, 0.6) is 0 Å². The van der Waals surface area contributed by atoms with Gasteiger partial charge in [-0.3, -0.25) is 4.79 Å². The highest BCUT2D eigenvalue weighted by Gasteiger charge is 2.15. The number of halogens is 1. The third-order valence-corrected chi connectivity index (χ3v) is 4.86. The summed E-state index contributed by atoms with van der Waals surface area (Å²) in [6, 6.07) is 11.9. The van der Waals surface area contributed by atoms with Gasteiger partial charge in [-0.15, -0.1) is 11.8 Å². The van der Waals surface area contributed by atoms with E-state index in [4.69, 9.17) is 11.6 Å². The summed E-state index contributed by atoms with van der Waals surface area (Å²) in [5, 5.41) is 1.61. The fraction of sp³-hybridized carbons (Fsp3) is 0.118. The van der Waals surface area contributed by atoms with E-state index in [1.807, 2.05) is 37.4 Å². The molecule has 0 saturated carbocycles. The van der Waals surface area contributed by atoms with Gasteiger partial charge < -0.3 is 4.98 Å². The molecule has 0 atom stereocenters. The van der Waals surface area contributed by atoms with E-state index in [-0.39, 0.29) is 0 Å². The maximum absolute atomic E-state index is 11.5. The first kappa shape index (κ1) is 14.2. The molecule has 1 N–H and O–H groups in total. The molecule has 0 aliphatic heterocycles. The molecule has 1 aromatic heterocycles. The molecule has 3 rings (SSSR count). The molecule has 1 heterocycles. The maximum atomic E-state index is 11.5. The molecule has 106 valence electrons. The van der Waals surface area contributed by atoms with Crippen LogP contribution in [-0.4, -0.2) is 17.5 Å². The van der Waals surface area contributed by atoms with Crippen LogP contribution in [0.25, 0.3) is 22.2 Å². The Hall–Kier alpha value is -1.71. The number of benzene rings is 2. The fourth-order valence-corrected chi connectivity index (χ4v) is 3.07.